The van der Waals surface area contributed by atoms with Crippen LogP contribution in [0.15, 0.2) is 24.3 Å². The molecule has 0 unspecified atom stereocenters. The first-order valence-electron chi connectivity index (χ1n) is 6.01. The van der Waals surface area contributed by atoms with E-state index in [1.807, 2.05) is 0 Å². The highest BCUT2D eigenvalue weighted by Gasteiger charge is 2.26. The number of ether oxygens (including phenoxy) is 3. The largest absolute Gasteiger partial charge is 0.497 e. The molecule has 110 valence electrons. The van der Waals surface area contributed by atoms with Crippen LogP contribution in [0, 0.1) is 0 Å². The topological polar surface area (TPSA) is 90.5 Å². The lowest BCUT2D eigenvalue weighted by Gasteiger charge is -2.06. The molecule has 0 spiro atoms. The highest BCUT2D eigenvalue weighted by Crippen LogP contribution is 2.29. The van der Waals surface area contributed by atoms with Crippen LogP contribution in [0.1, 0.15) is 21.0 Å². The van der Waals surface area contributed by atoms with Crippen LogP contribution in [0.3, 0.4) is 0 Å². The van der Waals surface area contributed by atoms with Crippen molar-refractivity contribution >= 4 is 11.9 Å². The minimum absolute atomic E-state index is 0.00570. The molecule has 1 N–H and O–H groups in total. The fourth-order valence-corrected chi connectivity index (χ4v) is 1.90. The van der Waals surface area contributed by atoms with Crippen LogP contribution in [0.2, 0.25) is 0 Å². The third-order valence-corrected chi connectivity index (χ3v) is 2.89. The van der Waals surface area contributed by atoms with E-state index in [1.54, 1.807) is 24.3 Å². The number of nitrogens with one attached hydrogen (secondary N) is 1. The van der Waals surface area contributed by atoms with Crippen molar-refractivity contribution in [3.8, 4) is 16.9 Å². The molecule has 1 heterocycles. The van der Waals surface area contributed by atoms with Gasteiger partial charge in [0.1, 0.15) is 5.75 Å². The Hall–Kier alpha value is -2.83. The SMILES string of the molecule is COC(=O)c1n[nH]c(C(=O)OC)c1-c1cccc(OC)c1. The number of carbonyl (C=O) groups is 2. The van der Waals surface area contributed by atoms with Crippen molar-refractivity contribution in [3.63, 3.8) is 0 Å². The number of H-pyrrole nitrogens is 1. The van der Waals surface area contributed by atoms with E-state index in [0.29, 0.717) is 16.9 Å². The molecule has 0 saturated carbocycles. The van der Waals surface area contributed by atoms with Gasteiger partial charge in [0.2, 0.25) is 0 Å². The van der Waals surface area contributed by atoms with Crippen LogP contribution in [-0.4, -0.2) is 43.5 Å². The molecule has 1 aromatic heterocycles. The first-order chi connectivity index (χ1) is 10.1. The highest BCUT2D eigenvalue weighted by molar-refractivity contribution is 6.03. The van der Waals surface area contributed by atoms with Crippen molar-refractivity contribution in [1.82, 2.24) is 10.2 Å². The third kappa shape index (κ3) is 2.71. The first kappa shape index (κ1) is 14.6. The molecule has 0 bridgehead atoms. The van der Waals surface area contributed by atoms with E-state index in [1.165, 1.54) is 21.3 Å². The summed E-state index contributed by atoms with van der Waals surface area (Å²) in [6, 6.07) is 6.90. The van der Waals surface area contributed by atoms with Gasteiger partial charge < -0.3 is 14.2 Å². The first-order valence-corrected chi connectivity index (χ1v) is 6.01. The molecular formula is C14H14N2O5. The minimum atomic E-state index is -0.653. The number of aromatic nitrogens is 2. The standard InChI is InChI=1S/C14H14N2O5/c1-19-9-6-4-5-8(7-9)10-11(13(17)20-2)15-16-12(10)14(18)21-3/h4-7H,1-3H3,(H,15,16). The molecule has 0 radical (unpaired) electrons. The van der Waals surface area contributed by atoms with E-state index >= 15 is 0 Å². The van der Waals surface area contributed by atoms with Crippen molar-refractivity contribution in [2.75, 3.05) is 21.3 Å². The molecule has 7 nitrogen and oxygen atoms in total. The quantitative estimate of drug-likeness (QED) is 0.861. The molecule has 7 heteroatoms. The van der Waals surface area contributed by atoms with Gasteiger partial charge in [0.15, 0.2) is 11.4 Å². The fraction of sp³-hybridized carbons (Fsp3) is 0.214. The predicted molar refractivity (Wildman–Crippen MR) is 73.3 cm³/mol. The molecule has 0 amide bonds. The van der Waals surface area contributed by atoms with Crippen molar-refractivity contribution < 1.29 is 23.8 Å². The number of nitrogens with zero attached hydrogens (tertiary/aromatic N) is 1. The Kier molecular flexibility index (Phi) is 4.22. The Labute approximate surface area is 120 Å². The highest BCUT2D eigenvalue weighted by atomic mass is 16.5. The number of methoxy groups -OCH3 is 3. The van der Waals surface area contributed by atoms with Gasteiger partial charge in [-0.05, 0) is 17.7 Å². The van der Waals surface area contributed by atoms with Gasteiger partial charge in [-0.3, -0.25) is 5.10 Å². The second-order valence-corrected chi connectivity index (χ2v) is 4.04. The van der Waals surface area contributed by atoms with Gasteiger partial charge in [-0.25, -0.2) is 9.59 Å². The molecule has 0 aliphatic carbocycles. The maximum absolute atomic E-state index is 11.8. The van der Waals surface area contributed by atoms with E-state index < -0.39 is 11.9 Å². The molecule has 0 saturated heterocycles. The monoisotopic (exact) mass is 290 g/mol. The molecule has 2 aromatic rings. The summed E-state index contributed by atoms with van der Waals surface area (Å²) in [5.74, 6) is -0.699. The molecule has 0 atom stereocenters. The van der Waals surface area contributed by atoms with Crippen molar-refractivity contribution in [3.05, 3.63) is 35.7 Å². The Morgan fingerprint density at radius 3 is 2.43 bits per heavy atom. The van der Waals surface area contributed by atoms with E-state index in [0.717, 1.165) is 0 Å². The van der Waals surface area contributed by atoms with Gasteiger partial charge in [-0.1, -0.05) is 12.1 Å². The summed E-state index contributed by atoms with van der Waals surface area (Å²) in [6.45, 7) is 0. The number of aromatic amines is 1. The van der Waals surface area contributed by atoms with Crippen LogP contribution in [0.5, 0.6) is 5.75 Å². The van der Waals surface area contributed by atoms with E-state index in [9.17, 15) is 9.59 Å². The van der Waals surface area contributed by atoms with Crippen molar-refractivity contribution in [2.45, 2.75) is 0 Å². The number of benzene rings is 1. The molecule has 0 fully saturated rings. The Bertz CT molecular complexity index is 644. The number of carbonyl (C=O) groups excluding carboxylic acids is 2. The van der Waals surface area contributed by atoms with Crippen LogP contribution in [0.25, 0.3) is 11.1 Å². The van der Waals surface area contributed by atoms with Gasteiger partial charge in [-0.15, -0.1) is 0 Å². The Morgan fingerprint density at radius 2 is 1.81 bits per heavy atom. The third-order valence-electron chi connectivity index (χ3n) is 2.89. The molecule has 21 heavy (non-hydrogen) atoms. The van der Waals surface area contributed by atoms with Crippen LogP contribution >= 0.6 is 0 Å². The van der Waals surface area contributed by atoms with Gasteiger partial charge in [-0.2, -0.15) is 5.10 Å². The van der Waals surface area contributed by atoms with Gasteiger partial charge in [0, 0.05) is 5.56 Å². The summed E-state index contributed by atoms with van der Waals surface area (Å²) in [5, 5.41) is 6.36. The second kappa shape index (κ2) is 6.08. The summed E-state index contributed by atoms with van der Waals surface area (Å²) in [7, 11) is 4.01. The average molecular weight is 290 g/mol. The van der Waals surface area contributed by atoms with Crippen LogP contribution in [0.4, 0.5) is 0 Å². The number of hydrogen-bond donors (Lipinski definition) is 1. The maximum Gasteiger partial charge on any atom is 0.359 e. The molecule has 2 rings (SSSR count). The Morgan fingerprint density at radius 1 is 1.10 bits per heavy atom. The smallest absolute Gasteiger partial charge is 0.359 e. The lowest BCUT2D eigenvalue weighted by molar-refractivity contribution is 0.0588. The van der Waals surface area contributed by atoms with Crippen LogP contribution < -0.4 is 4.74 Å². The summed E-state index contributed by atoms with van der Waals surface area (Å²) in [6.07, 6.45) is 0. The summed E-state index contributed by atoms with van der Waals surface area (Å²) in [5.41, 5.74) is 0.980. The number of rotatable bonds is 4. The zero-order valence-electron chi connectivity index (χ0n) is 11.8. The number of esters is 2. The fourth-order valence-electron chi connectivity index (χ4n) is 1.90. The lowest BCUT2D eigenvalue weighted by Crippen LogP contribution is -2.06. The van der Waals surface area contributed by atoms with Gasteiger partial charge in [0.05, 0.1) is 21.3 Å². The van der Waals surface area contributed by atoms with E-state index in [4.69, 9.17) is 4.74 Å². The molecule has 1 aromatic carbocycles. The summed E-state index contributed by atoms with van der Waals surface area (Å²) >= 11 is 0. The molecule has 0 aliphatic heterocycles. The normalized spacial score (nSPS) is 10.0. The van der Waals surface area contributed by atoms with E-state index in [-0.39, 0.29) is 11.4 Å². The number of hydrogen-bond acceptors (Lipinski definition) is 6. The average Bonchev–Trinajstić information content (AvgIpc) is 2.98. The second-order valence-electron chi connectivity index (χ2n) is 4.04. The van der Waals surface area contributed by atoms with Crippen molar-refractivity contribution in [1.29, 1.82) is 0 Å². The molecule has 0 aliphatic rings. The van der Waals surface area contributed by atoms with Gasteiger partial charge >= 0.3 is 11.9 Å². The van der Waals surface area contributed by atoms with Crippen molar-refractivity contribution in [2.24, 2.45) is 0 Å². The maximum atomic E-state index is 11.8. The Balaban J connectivity index is 2.65. The lowest BCUT2D eigenvalue weighted by atomic mass is 10.0. The minimum Gasteiger partial charge on any atom is -0.497 e. The van der Waals surface area contributed by atoms with Crippen LogP contribution in [-0.2, 0) is 9.47 Å². The van der Waals surface area contributed by atoms with E-state index in [2.05, 4.69) is 19.7 Å². The summed E-state index contributed by atoms with van der Waals surface area (Å²) in [4.78, 5) is 23.6. The van der Waals surface area contributed by atoms with Gasteiger partial charge in [0.25, 0.3) is 0 Å². The zero-order chi connectivity index (χ0) is 15.4. The summed E-state index contributed by atoms with van der Waals surface area (Å²) < 4.78 is 14.5. The predicted octanol–water partition coefficient (Wildman–Crippen LogP) is 1.66. The zero-order valence-corrected chi connectivity index (χ0v) is 11.8. The molecular weight excluding hydrogens is 276 g/mol.